The summed E-state index contributed by atoms with van der Waals surface area (Å²) < 4.78 is 0. The summed E-state index contributed by atoms with van der Waals surface area (Å²) in [6.07, 6.45) is 3.92. The van der Waals surface area contributed by atoms with Crippen molar-refractivity contribution in [1.82, 2.24) is 9.97 Å². The number of halogens is 1. The molecule has 0 unspecified atom stereocenters. The molecule has 0 atom stereocenters. The Bertz CT molecular complexity index is 637. The topological polar surface area (TPSA) is 49.2 Å². The Labute approximate surface area is 127 Å². The fourth-order valence-corrected chi connectivity index (χ4v) is 4.09. The van der Waals surface area contributed by atoms with E-state index < -0.39 is 5.60 Å². The van der Waals surface area contributed by atoms with Crippen LogP contribution in [0.25, 0.3) is 10.2 Å². The van der Waals surface area contributed by atoms with Crippen molar-refractivity contribution in [3.05, 3.63) is 16.2 Å². The van der Waals surface area contributed by atoms with Gasteiger partial charge in [-0.25, -0.2) is 4.98 Å². The number of likely N-dealkylation sites (N-methyl/N-ethyl adjacent to an activating group) is 1. The molecule has 0 radical (unpaired) electrons. The zero-order valence-electron chi connectivity index (χ0n) is 11.7. The van der Waals surface area contributed by atoms with E-state index in [-0.39, 0.29) is 5.28 Å². The number of hydrogen-bond donors (Lipinski definition) is 1. The van der Waals surface area contributed by atoms with Crippen molar-refractivity contribution in [3.8, 4) is 0 Å². The lowest BCUT2D eigenvalue weighted by Crippen LogP contribution is -2.39. The number of aliphatic hydroxyl groups is 1. The summed E-state index contributed by atoms with van der Waals surface area (Å²) in [5.41, 5.74) is -0.594. The molecule has 3 rings (SSSR count). The predicted molar refractivity (Wildman–Crippen MR) is 83.8 cm³/mol. The number of aromatic nitrogens is 2. The second-order valence-corrected chi connectivity index (χ2v) is 7.25. The number of hydrogen-bond acceptors (Lipinski definition) is 5. The quantitative estimate of drug-likeness (QED) is 0.883. The van der Waals surface area contributed by atoms with Crippen molar-refractivity contribution >= 4 is 39.0 Å². The molecule has 20 heavy (non-hydrogen) atoms. The zero-order valence-corrected chi connectivity index (χ0v) is 13.3. The van der Waals surface area contributed by atoms with E-state index in [1.54, 1.807) is 11.3 Å². The predicted octanol–water partition coefficient (Wildman–Crippen LogP) is 3.39. The summed E-state index contributed by atoms with van der Waals surface area (Å²) in [7, 11) is 1.96. The number of thiophene rings is 1. The standard InChI is InChI=1S/C14H18ClN3OS/c1-9-7-10-11(16-13(15)17-12(10)20-9)18(2)8-14(19)5-3-4-6-14/h7,19H,3-6,8H2,1-2H3. The van der Waals surface area contributed by atoms with E-state index >= 15 is 0 Å². The Kier molecular flexibility index (Phi) is 3.60. The zero-order chi connectivity index (χ0) is 14.3. The normalized spacial score (nSPS) is 17.8. The van der Waals surface area contributed by atoms with Gasteiger partial charge in [0.25, 0.3) is 0 Å². The Hall–Kier alpha value is -0.910. The van der Waals surface area contributed by atoms with E-state index in [0.29, 0.717) is 6.54 Å². The van der Waals surface area contributed by atoms with Crippen molar-refractivity contribution in [2.75, 3.05) is 18.5 Å². The van der Waals surface area contributed by atoms with Gasteiger partial charge in [0.05, 0.1) is 11.0 Å². The first kappa shape index (κ1) is 14.0. The molecular formula is C14H18ClN3OS. The Morgan fingerprint density at radius 2 is 2.10 bits per heavy atom. The van der Waals surface area contributed by atoms with E-state index in [9.17, 15) is 5.11 Å². The summed E-state index contributed by atoms with van der Waals surface area (Å²) in [4.78, 5) is 12.7. The fourth-order valence-electron chi connectivity index (χ4n) is 3.00. The van der Waals surface area contributed by atoms with E-state index in [1.807, 2.05) is 11.9 Å². The van der Waals surface area contributed by atoms with Crippen LogP contribution in [0.2, 0.25) is 5.28 Å². The minimum absolute atomic E-state index is 0.264. The maximum Gasteiger partial charge on any atom is 0.225 e. The lowest BCUT2D eigenvalue weighted by molar-refractivity contribution is 0.0558. The van der Waals surface area contributed by atoms with Gasteiger partial charge in [-0.2, -0.15) is 4.98 Å². The van der Waals surface area contributed by atoms with Crippen molar-refractivity contribution < 1.29 is 5.11 Å². The Morgan fingerprint density at radius 1 is 1.40 bits per heavy atom. The van der Waals surface area contributed by atoms with Gasteiger partial charge < -0.3 is 10.0 Å². The van der Waals surface area contributed by atoms with Gasteiger partial charge in [0.15, 0.2) is 0 Å². The molecule has 108 valence electrons. The van der Waals surface area contributed by atoms with Crippen LogP contribution in [0.3, 0.4) is 0 Å². The number of rotatable bonds is 3. The minimum atomic E-state index is -0.594. The highest BCUT2D eigenvalue weighted by molar-refractivity contribution is 7.18. The van der Waals surface area contributed by atoms with Crippen LogP contribution in [-0.2, 0) is 0 Å². The summed E-state index contributed by atoms with van der Waals surface area (Å²) in [5.74, 6) is 0.810. The maximum absolute atomic E-state index is 10.6. The Balaban J connectivity index is 1.96. The van der Waals surface area contributed by atoms with Crippen LogP contribution in [0, 0.1) is 6.92 Å². The number of nitrogens with zero attached hydrogens (tertiary/aromatic N) is 3. The molecule has 6 heteroatoms. The highest BCUT2D eigenvalue weighted by atomic mass is 35.5. The minimum Gasteiger partial charge on any atom is -0.388 e. The summed E-state index contributed by atoms with van der Waals surface area (Å²) >= 11 is 7.64. The van der Waals surface area contributed by atoms with E-state index in [1.165, 1.54) is 4.88 Å². The van der Waals surface area contributed by atoms with Crippen molar-refractivity contribution in [2.24, 2.45) is 0 Å². The average molecular weight is 312 g/mol. The van der Waals surface area contributed by atoms with Crippen LogP contribution in [0.15, 0.2) is 6.07 Å². The first-order chi connectivity index (χ1) is 9.47. The van der Waals surface area contributed by atoms with Gasteiger partial charge in [0, 0.05) is 18.5 Å². The van der Waals surface area contributed by atoms with Crippen molar-refractivity contribution in [3.63, 3.8) is 0 Å². The molecule has 2 aromatic heterocycles. The van der Waals surface area contributed by atoms with Crippen LogP contribution in [-0.4, -0.2) is 34.3 Å². The highest BCUT2D eigenvalue weighted by Gasteiger charge is 2.33. The largest absolute Gasteiger partial charge is 0.388 e. The van der Waals surface area contributed by atoms with Crippen LogP contribution in [0.4, 0.5) is 5.82 Å². The van der Waals surface area contributed by atoms with Crippen LogP contribution >= 0.6 is 22.9 Å². The van der Waals surface area contributed by atoms with Gasteiger partial charge in [-0.15, -0.1) is 11.3 Å². The van der Waals surface area contributed by atoms with Crippen LogP contribution in [0.5, 0.6) is 0 Å². The highest BCUT2D eigenvalue weighted by Crippen LogP contribution is 2.34. The molecule has 0 aromatic carbocycles. The molecule has 1 N–H and O–H groups in total. The van der Waals surface area contributed by atoms with E-state index in [0.717, 1.165) is 41.7 Å². The number of fused-ring (bicyclic) bond motifs is 1. The summed E-state index contributed by atoms with van der Waals surface area (Å²) in [5, 5.41) is 11.8. The fraction of sp³-hybridized carbons (Fsp3) is 0.571. The monoisotopic (exact) mass is 311 g/mol. The van der Waals surface area contributed by atoms with Crippen LogP contribution in [0.1, 0.15) is 30.6 Å². The lowest BCUT2D eigenvalue weighted by atomic mass is 10.0. The molecule has 4 nitrogen and oxygen atoms in total. The first-order valence-corrected chi connectivity index (χ1v) is 8.03. The molecule has 1 saturated carbocycles. The summed E-state index contributed by atoms with van der Waals surface area (Å²) in [6.45, 7) is 2.64. The molecule has 2 aromatic rings. The van der Waals surface area contributed by atoms with Gasteiger partial charge in [-0.05, 0) is 37.4 Å². The lowest BCUT2D eigenvalue weighted by Gasteiger charge is -2.29. The summed E-state index contributed by atoms with van der Waals surface area (Å²) in [6, 6.07) is 2.08. The number of aryl methyl sites for hydroxylation is 1. The third-order valence-corrected chi connectivity index (χ3v) is 5.01. The smallest absolute Gasteiger partial charge is 0.225 e. The molecular weight excluding hydrogens is 294 g/mol. The Morgan fingerprint density at radius 3 is 2.80 bits per heavy atom. The molecule has 0 bridgehead atoms. The molecule has 0 aliphatic heterocycles. The second-order valence-electron chi connectivity index (χ2n) is 5.68. The first-order valence-electron chi connectivity index (χ1n) is 6.84. The second kappa shape index (κ2) is 5.13. The number of anilines is 1. The molecule has 2 heterocycles. The molecule has 1 fully saturated rings. The third-order valence-electron chi connectivity index (χ3n) is 3.90. The molecule has 1 aliphatic carbocycles. The van der Waals surface area contributed by atoms with Gasteiger partial charge >= 0.3 is 0 Å². The molecule has 1 aliphatic rings. The van der Waals surface area contributed by atoms with E-state index in [2.05, 4.69) is 23.0 Å². The van der Waals surface area contributed by atoms with E-state index in [4.69, 9.17) is 11.6 Å². The third kappa shape index (κ3) is 2.62. The molecule has 0 amide bonds. The molecule has 0 spiro atoms. The van der Waals surface area contributed by atoms with Gasteiger partial charge in [-0.1, -0.05) is 12.8 Å². The van der Waals surface area contributed by atoms with Crippen molar-refractivity contribution in [2.45, 2.75) is 38.2 Å². The SMILES string of the molecule is Cc1cc2c(N(C)CC3(O)CCCC3)nc(Cl)nc2s1. The van der Waals surface area contributed by atoms with Gasteiger partial charge in [-0.3, -0.25) is 0 Å². The van der Waals surface area contributed by atoms with Gasteiger partial charge in [0.1, 0.15) is 10.6 Å². The van der Waals surface area contributed by atoms with Crippen molar-refractivity contribution in [1.29, 1.82) is 0 Å². The van der Waals surface area contributed by atoms with Crippen LogP contribution < -0.4 is 4.90 Å². The maximum atomic E-state index is 10.6. The molecule has 0 saturated heterocycles. The average Bonchev–Trinajstić information content (AvgIpc) is 2.93. The van der Waals surface area contributed by atoms with Gasteiger partial charge in [0.2, 0.25) is 5.28 Å².